The second kappa shape index (κ2) is 10.6. The molecule has 2 rings (SSSR count). The molecule has 0 saturated carbocycles. The average molecular weight is 369 g/mol. The van der Waals surface area contributed by atoms with E-state index in [2.05, 4.69) is 77.9 Å². The Balaban J connectivity index is 1.85. The van der Waals surface area contributed by atoms with E-state index in [1.807, 2.05) is 12.1 Å². The third-order valence-corrected chi connectivity index (χ3v) is 4.33. The van der Waals surface area contributed by atoms with E-state index >= 15 is 0 Å². The molecule has 0 amide bonds. The van der Waals surface area contributed by atoms with Gasteiger partial charge in [-0.25, -0.2) is 0 Å². The molecule has 2 N–H and O–H groups in total. The Bertz CT molecular complexity index is 708. The zero-order valence-corrected chi connectivity index (χ0v) is 16.6. The minimum atomic E-state index is 0.474. The number of benzene rings is 2. The van der Waals surface area contributed by atoms with Gasteiger partial charge in [-0.15, -0.1) is 0 Å². The molecule has 138 valence electrons. The van der Waals surface area contributed by atoms with Gasteiger partial charge in [-0.05, 0) is 67.4 Å². The number of anilines is 2. The van der Waals surface area contributed by atoms with Crippen molar-refractivity contribution in [3.8, 4) is 0 Å². The summed E-state index contributed by atoms with van der Waals surface area (Å²) in [6.07, 6.45) is 3.95. The zero-order valence-electron chi connectivity index (χ0n) is 15.8. The van der Waals surface area contributed by atoms with Gasteiger partial charge in [0.2, 0.25) is 0 Å². The molecular formula is C21H28N4S. The van der Waals surface area contributed by atoms with Crippen molar-refractivity contribution in [2.75, 3.05) is 23.3 Å². The quantitative estimate of drug-likeness (QED) is 0.399. The molecule has 0 spiro atoms. The zero-order chi connectivity index (χ0) is 18.8. The molecule has 4 nitrogen and oxygen atoms in total. The molecule has 0 aromatic heterocycles. The van der Waals surface area contributed by atoms with E-state index in [9.17, 15) is 0 Å². The molecule has 2 aromatic rings. The lowest BCUT2D eigenvalue weighted by Gasteiger charge is -2.22. The fourth-order valence-electron chi connectivity index (χ4n) is 2.66. The van der Waals surface area contributed by atoms with Gasteiger partial charge in [-0.2, -0.15) is 5.10 Å². The maximum atomic E-state index is 5.27. The molecule has 0 radical (unpaired) electrons. The van der Waals surface area contributed by atoms with Crippen LogP contribution in [0.15, 0.2) is 53.6 Å². The lowest BCUT2D eigenvalue weighted by atomic mass is 10.1. The molecule has 0 saturated heterocycles. The van der Waals surface area contributed by atoms with Crippen molar-refractivity contribution in [3.63, 3.8) is 0 Å². The van der Waals surface area contributed by atoms with E-state index in [-0.39, 0.29) is 0 Å². The third kappa shape index (κ3) is 6.15. The molecule has 0 heterocycles. The Labute approximate surface area is 162 Å². The minimum absolute atomic E-state index is 0.474. The number of thiocarbonyl (C=S) groups is 1. The lowest BCUT2D eigenvalue weighted by Crippen LogP contribution is -2.24. The van der Waals surface area contributed by atoms with Gasteiger partial charge in [0.25, 0.3) is 0 Å². The van der Waals surface area contributed by atoms with Gasteiger partial charge in [0.05, 0.1) is 6.21 Å². The highest BCUT2D eigenvalue weighted by Crippen LogP contribution is 2.15. The van der Waals surface area contributed by atoms with Gasteiger partial charge < -0.3 is 10.2 Å². The number of hydrogen-bond donors (Lipinski definition) is 2. The molecule has 0 fully saturated rings. The molecule has 0 aliphatic carbocycles. The summed E-state index contributed by atoms with van der Waals surface area (Å²) in [5.74, 6) is 0. The monoisotopic (exact) mass is 368 g/mol. The van der Waals surface area contributed by atoms with Crippen LogP contribution < -0.4 is 15.6 Å². The molecule has 2 aromatic carbocycles. The Morgan fingerprint density at radius 2 is 1.73 bits per heavy atom. The summed E-state index contributed by atoms with van der Waals surface area (Å²) in [7, 11) is 0. The number of hydrogen-bond acceptors (Lipinski definition) is 3. The first kappa shape index (κ1) is 19.9. The van der Waals surface area contributed by atoms with E-state index < -0.39 is 0 Å². The first-order valence-electron chi connectivity index (χ1n) is 9.20. The summed E-state index contributed by atoms with van der Waals surface area (Å²) in [5.41, 5.74) is 7.39. The van der Waals surface area contributed by atoms with Gasteiger partial charge in [0.15, 0.2) is 5.11 Å². The molecule has 0 aliphatic rings. The first-order chi connectivity index (χ1) is 12.7. The minimum Gasteiger partial charge on any atom is -0.372 e. The Hall–Kier alpha value is -2.40. The van der Waals surface area contributed by atoms with Crippen molar-refractivity contribution in [2.45, 2.75) is 33.6 Å². The van der Waals surface area contributed by atoms with Gasteiger partial charge in [-0.3, -0.25) is 5.43 Å². The molecule has 5 heteroatoms. The van der Waals surface area contributed by atoms with Crippen LogP contribution in [0.2, 0.25) is 0 Å². The lowest BCUT2D eigenvalue weighted by molar-refractivity contribution is 0.792. The maximum absolute atomic E-state index is 5.27. The van der Waals surface area contributed by atoms with Crippen LogP contribution in [0.1, 0.15) is 38.3 Å². The number of nitrogens with one attached hydrogen (secondary N) is 2. The van der Waals surface area contributed by atoms with E-state index in [0.717, 1.165) is 37.2 Å². The van der Waals surface area contributed by atoms with E-state index in [1.54, 1.807) is 6.21 Å². The fourth-order valence-corrected chi connectivity index (χ4v) is 2.83. The summed E-state index contributed by atoms with van der Waals surface area (Å²) in [5, 5.41) is 7.81. The molecular weight excluding hydrogens is 340 g/mol. The summed E-state index contributed by atoms with van der Waals surface area (Å²) >= 11 is 5.27. The van der Waals surface area contributed by atoms with Crippen LogP contribution in [-0.2, 0) is 6.42 Å². The van der Waals surface area contributed by atoms with Crippen molar-refractivity contribution in [1.29, 1.82) is 0 Å². The summed E-state index contributed by atoms with van der Waals surface area (Å²) < 4.78 is 0. The molecule has 26 heavy (non-hydrogen) atoms. The smallest absolute Gasteiger partial charge is 0.191 e. The van der Waals surface area contributed by atoms with Crippen molar-refractivity contribution >= 4 is 34.9 Å². The number of nitrogens with zero attached hydrogens (tertiary/aromatic N) is 2. The van der Waals surface area contributed by atoms with Crippen LogP contribution >= 0.6 is 12.2 Å². The normalized spacial score (nSPS) is 10.7. The van der Waals surface area contributed by atoms with Gasteiger partial charge in [0, 0.05) is 24.5 Å². The second-order valence-electron chi connectivity index (χ2n) is 6.05. The highest BCUT2D eigenvalue weighted by Gasteiger charge is 2.02. The Morgan fingerprint density at radius 1 is 1.04 bits per heavy atom. The molecule has 0 bridgehead atoms. The van der Waals surface area contributed by atoms with Gasteiger partial charge in [-0.1, -0.05) is 38.1 Å². The van der Waals surface area contributed by atoms with Gasteiger partial charge >= 0.3 is 0 Å². The Kier molecular flexibility index (Phi) is 8.09. The van der Waals surface area contributed by atoms with Crippen LogP contribution in [-0.4, -0.2) is 24.4 Å². The fraction of sp³-hybridized carbons (Fsp3) is 0.333. The SMILES string of the molecule is CCCN(CC)c1ccc(/C=N\NC(=S)Nc2ccc(CC)cc2)cc1. The van der Waals surface area contributed by atoms with Crippen LogP contribution in [0.5, 0.6) is 0 Å². The average Bonchev–Trinajstić information content (AvgIpc) is 2.67. The van der Waals surface area contributed by atoms with E-state index in [0.29, 0.717) is 5.11 Å². The number of aryl methyl sites for hydroxylation is 1. The molecule has 0 aliphatic heterocycles. The van der Waals surface area contributed by atoms with Crippen molar-refractivity contribution < 1.29 is 0 Å². The largest absolute Gasteiger partial charge is 0.372 e. The summed E-state index contributed by atoms with van der Waals surface area (Å²) in [6, 6.07) is 16.6. The molecule has 0 unspecified atom stereocenters. The Morgan fingerprint density at radius 3 is 2.31 bits per heavy atom. The highest BCUT2D eigenvalue weighted by molar-refractivity contribution is 7.80. The van der Waals surface area contributed by atoms with E-state index in [4.69, 9.17) is 12.2 Å². The maximum Gasteiger partial charge on any atom is 0.191 e. The third-order valence-electron chi connectivity index (χ3n) is 4.13. The summed E-state index contributed by atoms with van der Waals surface area (Å²) in [4.78, 5) is 2.36. The predicted octanol–water partition coefficient (Wildman–Crippen LogP) is 4.81. The standard InChI is InChI=1S/C21H28N4S/c1-4-15-25(6-3)20-13-9-18(10-14-20)16-22-24-21(26)23-19-11-7-17(5-2)8-12-19/h7-14,16H,4-6,15H2,1-3H3,(H2,23,24,26)/b22-16-. The van der Waals surface area contributed by atoms with Crippen molar-refractivity contribution in [3.05, 3.63) is 59.7 Å². The highest BCUT2D eigenvalue weighted by atomic mass is 32.1. The van der Waals surface area contributed by atoms with Crippen LogP contribution in [0.25, 0.3) is 0 Å². The first-order valence-corrected chi connectivity index (χ1v) is 9.61. The molecule has 0 atom stereocenters. The summed E-state index contributed by atoms with van der Waals surface area (Å²) in [6.45, 7) is 8.61. The van der Waals surface area contributed by atoms with Crippen LogP contribution in [0.3, 0.4) is 0 Å². The van der Waals surface area contributed by atoms with E-state index in [1.165, 1.54) is 11.3 Å². The predicted molar refractivity (Wildman–Crippen MR) is 117 cm³/mol. The number of rotatable bonds is 8. The van der Waals surface area contributed by atoms with Crippen molar-refractivity contribution in [2.24, 2.45) is 5.10 Å². The topological polar surface area (TPSA) is 39.7 Å². The van der Waals surface area contributed by atoms with Crippen LogP contribution in [0, 0.1) is 0 Å². The second-order valence-corrected chi connectivity index (χ2v) is 6.45. The van der Waals surface area contributed by atoms with Crippen LogP contribution in [0.4, 0.5) is 11.4 Å². The van der Waals surface area contributed by atoms with Crippen molar-refractivity contribution in [1.82, 2.24) is 5.43 Å². The van der Waals surface area contributed by atoms with Gasteiger partial charge in [0.1, 0.15) is 0 Å². The number of hydrazone groups is 1.